The van der Waals surface area contributed by atoms with Gasteiger partial charge >= 0.3 is 0 Å². The second-order valence-corrected chi connectivity index (χ2v) is 3.64. The van der Waals surface area contributed by atoms with Crippen LogP contribution < -0.4 is 15.2 Å². The third-order valence-electron chi connectivity index (χ3n) is 2.58. The van der Waals surface area contributed by atoms with E-state index >= 15 is 0 Å². The van der Waals surface area contributed by atoms with Gasteiger partial charge in [0, 0.05) is 6.61 Å². The molecule has 4 heteroatoms. The Kier molecular flexibility index (Phi) is 5.08. The SMILES string of the molecule is COc1cccc(C[C@H](CN)CO)c1OC. The van der Waals surface area contributed by atoms with Crippen molar-refractivity contribution in [1.29, 1.82) is 0 Å². The Hall–Kier alpha value is -1.26. The Morgan fingerprint density at radius 1 is 1.31 bits per heavy atom. The molecule has 0 aromatic heterocycles. The molecule has 0 bridgehead atoms. The number of aliphatic hydroxyl groups is 1. The Morgan fingerprint density at radius 3 is 2.56 bits per heavy atom. The lowest BCUT2D eigenvalue weighted by molar-refractivity contribution is 0.228. The minimum absolute atomic E-state index is 0.0565. The van der Waals surface area contributed by atoms with Crippen molar-refractivity contribution < 1.29 is 14.6 Å². The van der Waals surface area contributed by atoms with Crippen LogP contribution in [0.5, 0.6) is 11.5 Å². The van der Waals surface area contributed by atoms with E-state index in [9.17, 15) is 0 Å². The van der Waals surface area contributed by atoms with Gasteiger partial charge in [0.15, 0.2) is 11.5 Å². The molecular formula is C12H19NO3. The summed E-state index contributed by atoms with van der Waals surface area (Å²) in [4.78, 5) is 0. The zero-order valence-corrected chi connectivity index (χ0v) is 9.77. The molecule has 0 aliphatic rings. The van der Waals surface area contributed by atoms with Gasteiger partial charge in [0.2, 0.25) is 0 Å². The topological polar surface area (TPSA) is 64.7 Å². The highest BCUT2D eigenvalue weighted by atomic mass is 16.5. The number of ether oxygens (including phenoxy) is 2. The molecule has 0 spiro atoms. The smallest absolute Gasteiger partial charge is 0.163 e. The van der Waals surface area contributed by atoms with Gasteiger partial charge in [-0.15, -0.1) is 0 Å². The van der Waals surface area contributed by atoms with Gasteiger partial charge in [-0.05, 0) is 30.5 Å². The largest absolute Gasteiger partial charge is 0.493 e. The van der Waals surface area contributed by atoms with Crippen molar-refractivity contribution in [2.24, 2.45) is 11.7 Å². The monoisotopic (exact) mass is 225 g/mol. The number of nitrogens with two attached hydrogens (primary N) is 1. The fourth-order valence-electron chi connectivity index (χ4n) is 1.65. The predicted octanol–water partition coefficient (Wildman–Crippen LogP) is 0.814. The second kappa shape index (κ2) is 6.35. The van der Waals surface area contributed by atoms with E-state index in [4.69, 9.17) is 20.3 Å². The van der Waals surface area contributed by atoms with Crippen LogP contribution in [0.15, 0.2) is 18.2 Å². The van der Waals surface area contributed by atoms with Crippen molar-refractivity contribution in [2.75, 3.05) is 27.4 Å². The molecule has 0 aliphatic heterocycles. The average Bonchev–Trinajstić information content (AvgIpc) is 2.35. The van der Waals surface area contributed by atoms with E-state index in [-0.39, 0.29) is 12.5 Å². The quantitative estimate of drug-likeness (QED) is 0.752. The molecule has 0 amide bonds. The van der Waals surface area contributed by atoms with E-state index in [1.165, 1.54) is 0 Å². The molecule has 0 saturated carbocycles. The number of para-hydroxylation sites is 1. The maximum absolute atomic E-state index is 9.13. The molecule has 16 heavy (non-hydrogen) atoms. The summed E-state index contributed by atoms with van der Waals surface area (Å²) in [6.07, 6.45) is 0.688. The molecule has 0 radical (unpaired) electrons. The van der Waals surface area contributed by atoms with Gasteiger partial charge in [-0.3, -0.25) is 0 Å². The Morgan fingerprint density at radius 2 is 2.06 bits per heavy atom. The molecule has 1 atom stereocenters. The van der Waals surface area contributed by atoms with Crippen molar-refractivity contribution in [3.63, 3.8) is 0 Å². The van der Waals surface area contributed by atoms with Crippen LogP contribution in [-0.4, -0.2) is 32.5 Å². The molecule has 3 N–H and O–H groups in total. The summed E-state index contributed by atoms with van der Waals surface area (Å²) >= 11 is 0. The molecular weight excluding hydrogens is 206 g/mol. The summed E-state index contributed by atoms with van der Waals surface area (Å²) in [6.45, 7) is 0.535. The van der Waals surface area contributed by atoms with Gasteiger partial charge in [0.1, 0.15) is 0 Å². The predicted molar refractivity (Wildman–Crippen MR) is 62.9 cm³/mol. The minimum Gasteiger partial charge on any atom is -0.493 e. The first-order valence-electron chi connectivity index (χ1n) is 5.27. The van der Waals surface area contributed by atoms with Crippen LogP contribution in [0.3, 0.4) is 0 Å². The first kappa shape index (κ1) is 12.8. The van der Waals surface area contributed by atoms with Gasteiger partial charge in [-0.25, -0.2) is 0 Å². The van der Waals surface area contributed by atoms with E-state index in [0.29, 0.717) is 18.7 Å². The van der Waals surface area contributed by atoms with Gasteiger partial charge in [0.25, 0.3) is 0 Å². The van der Waals surface area contributed by atoms with Crippen LogP contribution in [0.25, 0.3) is 0 Å². The van der Waals surface area contributed by atoms with Crippen molar-refractivity contribution in [2.45, 2.75) is 6.42 Å². The molecule has 0 unspecified atom stereocenters. The Bertz CT molecular complexity index is 324. The second-order valence-electron chi connectivity index (χ2n) is 3.64. The van der Waals surface area contributed by atoms with E-state index in [1.807, 2.05) is 18.2 Å². The fourth-order valence-corrected chi connectivity index (χ4v) is 1.65. The minimum atomic E-state index is 0.0565. The molecule has 0 aliphatic carbocycles. The summed E-state index contributed by atoms with van der Waals surface area (Å²) in [5, 5.41) is 9.13. The third kappa shape index (κ3) is 2.87. The van der Waals surface area contributed by atoms with E-state index in [1.54, 1.807) is 14.2 Å². The van der Waals surface area contributed by atoms with Gasteiger partial charge in [-0.2, -0.15) is 0 Å². The number of hydrogen-bond acceptors (Lipinski definition) is 4. The number of rotatable bonds is 6. The molecule has 0 heterocycles. The van der Waals surface area contributed by atoms with E-state index in [0.717, 1.165) is 11.3 Å². The van der Waals surface area contributed by atoms with Crippen LogP contribution >= 0.6 is 0 Å². The molecule has 0 fully saturated rings. The maximum Gasteiger partial charge on any atom is 0.163 e. The maximum atomic E-state index is 9.13. The summed E-state index contributed by atoms with van der Waals surface area (Å²) < 4.78 is 10.5. The highest BCUT2D eigenvalue weighted by molar-refractivity contribution is 5.46. The van der Waals surface area contributed by atoms with E-state index < -0.39 is 0 Å². The number of hydrogen-bond donors (Lipinski definition) is 2. The standard InChI is InChI=1S/C12H19NO3/c1-15-11-5-3-4-10(12(11)16-2)6-9(7-13)8-14/h3-5,9,14H,6-8,13H2,1-2H3/t9-/m1/s1. The summed E-state index contributed by atoms with van der Waals surface area (Å²) in [5.74, 6) is 1.48. The Labute approximate surface area is 96.0 Å². The molecule has 1 aromatic rings. The van der Waals surface area contributed by atoms with Gasteiger partial charge in [-0.1, -0.05) is 12.1 Å². The van der Waals surface area contributed by atoms with Crippen LogP contribution in [0.2, 0.25) is 0 Å². The molecule has 0 saturated heterocycles. The number of methoxy groups -OCH3 is 2. The van der Waals surface area contributed by atoms with Crippen LogP contribution in [0, 0.1) is 5.92 Å². The summed E-state index contributed by atoms with van der Waals surface area (Å²) in [5.41, 5.74) is 6.57. The fraction of sp³-hybridized carbons (Fsp3) is 0.500. The molecule has 1 rings (SSSR count). The molecule has 90 valence electrons. The lowest BCUT2D eigenvalue weighted by atomic mass is 9.99. The van der Waals surface area contributed by atoms with Crippen LogP contribution in [0.4, 0.5) is 0 Å². The first-order valence-corrected chi connectivity index (χ1v) is 5.27. The lowest BCUT2D eigenvalue weighted by Crippen LogP contribution is -2.20. The average molecular weight is 225 g/mol. The van der Waals surface area contributed by atoms with Crippen molar-refractivity contribution in [3.8, 4) is 11.5 Å². The van der Waals surface area contributed by atoms with Gasteiger partial charge in [0.05, 0.1) is 14.2 Å². The lowest BCUT2D eigenvalue weighted by Gasteiger charge is -2.16. The molecule has 1 aromatic carbocycles. The third-order valence-corrected chi connectivity index (χ3v) is 2.58. The molecule has 4 nitrogen and oxygen atoms in total. The Balaban J connectivity index is 2.94. The highest BCUT2D eigenvalue weighted by Crippen LogP contribution is 2.31. The van der Waals surface area contributed by atoms with Crippen LogP contribution in [0.1, 0.15) is 5.56 Å². The van der Waals surface area contributed by atoms with Crippen molar-refractivity contribution >= 4 is 0 Å². The summed E-state index contributed by atoms with van der Waals surface area (Å²) in [6, 6.07) is 5.71. The normalized spacial score (nSPS) is 12.2. The van der Waals surface area contributed by atoms with Crippen LogP contribution in [-0.2, 0) is 6.42 Å². The van der Waals surface area contributed by atoms with Crippen molar-refractivity contribution in [1.82, 2.24) is 0 Å². The highest BCUT2D eigenvalue weighted by Gasteiger charge is 2.13. The zero-order chi connectivity index (χ0) is 12.0. The first-order chi connectivity index (χ1) is 7.76. The van der Waals surface area contributed by atoms with Crippen molar-refractivity contribution in [3.05, 3.63) is 23.8 Å². The zero-order valence-electron chi connectivity index (χ0n) is 9.77. The van der Waals surface area contributed by atoms with E-state index in [2.05, 4.69) is 0 Å². The number of benzene rings is 1. The van der Waals surface area contributed by atoms with Gasteiger partial charge < -0.3 is 20.3 Å². The summed E-state index contributed by atoms with van der Waals surface area (Å²) in [7, 11) is 3.21. The number of aliphatic hydroxyl groups excluding tert-OH is 1.